The lowest BCUT2D eigenvalue weighted by molar-refractivity contribution is 0.0648. The molecule has 0 spiro atoms. The number of nitrogens with zero attached hydrogens (tertiary/aromatic N) is 4. The maximum Gasteiger partial charge on any atom is 0.293 e. The van der Waals surface area contributed by atoms with Gasteiger partial charge in [-0.25, -0.2) is 14.1 Å². The van der Waals surface area contributed by atoms with Crippen LogP contribution < -0.4 is 5.73 Å². The molecule has 3 aromatic rings. The lowest BCUT2D eigenvalue weighted by Gasteiger charge is -2.33. The van der Waals surface area contributed by atoms with Crippen LogP contribution in [0.15, 0.2) is 41.8 Å². The molecule has 2 N–H and O–H groups in total. The van der Waals surface area contributed by atoms with Gasteiger partial charge in [0.25, 0.3) is 5.91 Å². The molecule has 1 amide bonds. The quantitative estimate of drug-likeness (QED) is 0.730. The average Bonchev–Trinajstić information content (AvgIpc) is 3.37. The van der Waals surface area contributed by atoms with Crippen molar-refractivity contribution >= 4 is 17.2 Å². The van der Waals surface area contributed by atoms with Crippen LogP contribution in [0.2, 0.25) is 0 Å². The Bertz CT molecular complexity index is 969. The highest BCUT2D eigenvalue weighted by atomic mass is 32.1. The van der Waals surface area contributed by atoms with Gasteiger partial charge in [0.05, 0.1) is 10.6 Å². The Hall–Kier alpha value is -2.58. The Balaban J connectivity index is 1.70. The summed E-state index contributed by atoms with van der Waals surface area (Å²) in [5, 5.41) is 6.38. The summed E-state index contributed by atoms with van der Waals surface area (Å²) in [6.07, 6.45) is 1.94. The first kappa shape index (κ1) is 18.8. The Kier molecular flexibility index (Phi) is 5.23. The van der Waals surface area contributed by atoms with Crippen LogP contribution in [-0.4, -0.2) is 44.7 Å². The van der Waals surface area contributed by atoms with Gasteiger partial charge >= 0.3 is 0 Å². The molecular weight excluding hydrogens is 377 g/mol. The minimum atomic E-state index is -0.367. The highest BCUT2D eigenvalue weighted by Gasteiger charge is 2.29. The molecule has 0 saturated carbocycles. The zero-order chi connectivity index (χ0) is 19.7. The van der Waals surface area contributed by atoms with Crippen LogP contribution in [0.5, 0.6) is 0 Å². The summed E-state index contributed by atoms with van der Waals surface area (Å²) in [4.78, 5) is 20.2. The molecule has 0 bridgehead atoms. The Morgan fingerprint density at radius 2 is 2.21 bits per heavy atom. The van der Waals surface area contributed by atoms with Crippen LogP contribution in [0, 0.1) is 11.7 Å². The second-order valence-electron chi connectivity index (χ2n) is 7.14. The molecule has 3 heterocycles. The number of benzene rings is 1. The number of amides is 1. The van der Waals surface area contributed by atoms with Gasteiger partial charge in [-0.3, -0.25) is 4.79 Å². The number of halogens is 1. The van der Waals surface area contributed by atoms with E-state index in [1.807, 2.05) is 24.4 Å². The molecule has 2 atom stereocenters. The van der Waals surface area contributed by atoms with Crippen molar-refractivity contribution in [3.05, 3.63) is 53.4 Å². The molecule has 1 saturated heterocycles. The van der Waals surface area contributed by atoms with E-state index < -0.39 is 0 Å². The highest BCUT2D eigenvalue weighted by Crippen LogP contribution is 2.27. The third-order valence-corrected chi connectivity index (χ3v) is 5.95. The van der Waals surface area contributed by atoms with Crippen LogP contribution >= 0.6 is 11.3 Å². The fourth-order valence-corrected chi connectivity index (χ4v) is 4.22. The topological polar surface area (TPSA) is 77.0 Å². The van der Waals surface area contributed by atoms with E-state index in [4.69, 9.17) is 5.73 Å². The number of nitrogens with two attached hydrogens (primary N) is 1. The lowest BCUT2D eigenvalue weighted by atomic mass is 9.92. The SMILES string of the molecule is CC(N)C1CCCN(C(=O)c2nc(-c3cccs3)n(-c3cccc(F)c3)n2)C1. The fourth-order valence-electron chi connectivity index (χ4n) is 3.52. The van der Waals surface area contributed by atoms with E-state index in [1.54, 1.807) is 17.0 Å². The molecule has 1 aliphatic heterocycles. The van der Waals surface area contributed by atoms with Gasteiger partial charge < -0.3 is 10.6 Å². The van der Waals surface area contributed by atoms with E-state index in [0.717, 1.165) is 17.7 Å². The van der Waals surface area contributed by atoms with Crippen molar-refractivity contribution in [3.8, 4) is 16.4 Å². The second kappa shape index (κ2) is 7.81. The molecule has 1 fully saturated rings. The summed E-state index contributed by atoms with van der Waals surface area (Å²) >= 11 is 1.50. The molecule has 2 aromatic heterocycles. The predicted molar refractivity (Wildman–Crippen MR) is 107 cm³/mol. The summed E-state index contributed by atoms with van der Waals surface area (Å²) in [7, 11) is 0. The van der Waals surface area contributed by atoms with Crippen molar-refractivity contribution in [2.24, 2.45) is 11.7 Å². The number of carbonyl (C=O) groups excluding carboxylic acids is 1. The molecule has 0 aliphatic carbocycles. The third kappa shape index (κ3) is 3.70. The molecule has 8 heteroatoms. The zero-order valence-electron chi connectivity index (χ0n) is 15.6. The number of carbonyl (C=O) groups is 1. The average molecular weight is 399 g/mol. The molecule has 2 unspecified atom stereocenters. The predicted octanol–water partition coefficient (Wildman–Crippen LogP) is 3.33. The summed E-state index contributed by atoms with van der Waals surface area (Å²) in [6.45, 7) is 3.26. The maximum absolute atomic E-state index is 13.8. The van der Waals surface area contributed by atoms with Crippen molar-refractivity contribution in [1.82, 2.24) is 19.7 Å². The van der Waals surface area contributed by atoms with Gasteiger partial charge in [0, 0.05) is 19.1 Å². The second-order valence-corrected chi connectivity index (χ2v) is 8.09. The minimum absolute atomic E-state index is 0.0371. The van der Waals surface area contributed by atoms with E-state index in [0.29, 0.717) is 24.6 Å². The Labute approximate surface area is 166 Å². The van der Waals surface area contributed by atoms with Gasteiger partial charge in [0.2, 0.25) is 5.82 Å². The molecule has 28 heavy (non-hydrogen) atoms. The molecule has 0 radical (unpaired) electrons. The molecule has 1 aromatic carbocycles. The van der Waals surface area contributed by atoms with E-state index >= 15 is 0 Å². The van der Waals surface area contributed by atoms with E-state index in [2.05, 4.69) is 10.1 Å². The van der Waals surface area contributed by atoms with Crippen molar-refractivity contribution < 1.29 is 9.18 Å². The van der Waals surface area contributed by atoms with E-state index in [9.17, 15) is 9.18 Å². The molecule has 146 valence electrons. The maximum atomic E-state index is 13.8. The molecule has 4 rings (SSSR count). The number of rotatable bonds is 4. The van der Waals surface area contributed by atoms with Gasteiger partial charge in [0.15, 0.2) is 5.82 Å². The monoisotopic (exact) mass is 399 g/mol. The van der Waals surface area contributed by atoms with Crippen molar-refractivity contribution in [2.45, 2.75) is 25.8 Å². The van der Waals surface area contributed by atoms with Gasteiger partial charge in [-0.15, -0.1) is 16.4 Å². The first-order valence-corrected chi connectivity index (χ1v) is 10.2. The summed E-state index contributed by atoms with van der Waals surface area (Å²) in [5.41, 5.74) is 6.57. The number of piperidine rings is 1. The molecule has 6 nitrogen and oxygen atoms in total. The van der Waals surface area contributed by atoms with Crippen molar-refractivity contribution in [1.29, 1.82) is 0 Å². The van der Waals surface area contributed by atoms with Gasteiger partial charge in [-0.05, 0) is 55.3 Å². The summed E-state index contributed by atoms with van der Waals surface area (Å²) < 4.78 is 15.3. The third-order valence-electron chi connectivity index (χ3n) is 5.08. The van der Waals surface area contributed by atoms with E-state index in [1.165, 1.54) is 28.2 Å². The van der Waals surface area contributed by atoms with Crippen LogP contribution in [0.25, 0.3) is 16.4 Å². The molecule has 1 aliphatic rings. The largest absolute Gasteiger partial charge is 0.336 e. The van der Waals surface area contributed by atoms with Gasteiger partial charge in [0.1, 0.15) is 5.82 Å². The van der Waals surface area contributed by atoms with Crippen LogP contribution in [0.1, 0.15) is 30.4 Å². The van der Waals surface area contributed by atoms with Crippen molar-refractivity contribution in [3.63, 3.8) is 0 Å². The van der Waals surface area contributed by atoms with Crippen molar-refractivity contribution in [2.75, 3.05) is 13.1 Å². The van der Waals surface area contributed by atoms with Gasteiger partial charge in [-0.1, -0.05) is 12.1 Å². The summed E-state index contributed by atoms with van der Waals surface area (Å²) in [5.74, 6) is 0.356. The highest BCUT2D eigenvalue weighted by molar-refractivity contribution is 7.13. The summed E-state index contributed by atoms with van der Waals surface area (Å²) in [6, 6.07) is 9.97. The normalized spacial score (nSPS) is 18.2. The zero-order valence-corrected chi connectivity index (χ0v) is 16.4. The number of likely N-dealkylation sites (tertiary alicyclic amines) is 1. The van der Waals surface area contributed by atoms with Crippen LogP contribution in [0.3, 0.4) is 0 Å². The fraction of sp³-hybridized carbons (Fsp3) is 0.350. The first-order chi connectivity index (χ1) is 13.5. The standard InChI is InChI=1S/C20H22FN5OS/c1-13(22)14-5-3-9-25(12-14)20(27)18-23-19(17-8-4-10-28-17)26(24-18)16-7-2-6-15(21)11-16/h2,4,6-8,10-11,13-14H,3,5,9,12,22H2,1H3. The first-order valence-electron chi connectivity index (χ1n) is 9.34. The lowest BCUT2D eigenvalue weighted by Crippen LogP contribution is -2.45. The Morgan fingerprint density at radius 1 is 1.36 bits per heavy atom. The number of aromatic nitrogens is 3. The van der Waals surface area contributed by atoms with E-state index in [-0.39, 0.29) is 29.5 Å². The minimum Gasteiger partial charge on any atom is -0.336 e. The number of hydrogen-bond donors (Lipinski definition) is 1. The smallest absolute Gasteiger partial charge is 0.293 e. The van der Waals surface area contributed by atoms with Crippen LogP contribution in [0.4, 0.5) is 4.39 Å². The molecular formula is C20H22FN5OS. The van der Waals surface area contributed by atoms with Gasteiger partial charge in [-0.2, -0.15) is 0 Å². The number of thiophene rings is 1. The Morgan fingerprint density at radius 3 is 2.93 bits per heavy atom. The number of hydrogen-bond acceptors (Lipinski definition) is 5. The van der Waals surface area contributed by atoms with Crippen LogP contribution in [-0.2, 0) is 0 Å².